The normalized spacial score (nSPS) is 10.8. The average Bonchev–Trinajstić information content (AvgIpc) is 2.46. The number of fused-ring (bicyclic) bond motifs is 1. The van der Waals surface area contributed by atoms with E-state index in [1.165, 1.54) is 6.07 Å². The lowest BCUT2D eigenvalue weighted by Crippen LogP contribution is -1.93. The summed E-state index contributed by atoms with van der Waals surface area (Å²) in [6, 6.07) is 16.7. The van der Waals surface area contributed by atoms with Gasteiger partial charge in [-0.1, -0.05) is 46.3 Å². The van der Waals surface area contributed by atoms with E-state index in [4.69, 9.17) is 0 Å². The van der Waals surface area contributed by atoms with Crippen molar-refractivity contribution in [3.8, 4) is 11.1 Å². The van der Waals surface area contributed by atoms with Crippen LogP contribution in [0.5, 0.6) is 0 Å². The maximum Gasteiger partial charge on any atom is 0.278 e. The van der Waals surface area contributed by atoms with E-state index in [0.29, 0.717) is 10.0 Å². The predicted octanol–water partition coefficient (Wildman–Crippen LogP) is 5.94. The van der Waals surface area contributed by atoms with Gasteiger partial charge < -0.3 is 0 Å². The first kappa shape index (κ1) is 14.2. The van der Waals surface area contributed by atoms with Crippen molar-refractivity contribution in [3.05, 3.63) is 73.7 Å². The fraction of sp³-hybridized carbons (Fsp3) is 0. The summed E-state index contributed by atoms with van der Waals surface area (Å²) < 4.78 is 1.70. The van der Waals surface area contributed by atoms with Gasteiger partial charge in [-0.05, 0) is 50.5 Å². The van der Waals surface area contributed by atoms with Gasteiger partial charge in [0.2, 0.25) is 0 Å². The standard InChI is InChI=1S/C16H9Br2NO2/c17-11-7-8-12-10(9-11)3-1-4-13(12)16-14(18)5-2-6-15(16)19(20)21/h1-9H. The van der Waals surface area contributed by atoms with Crippen molar-refractivity contribution < 1.29 is 4.92 Å². The Labute approximate surface area is 138 Å². The third-order valence-corrected chi connectivity index (χ3v) is 4.45. The Morgan fingerprint density at radius 3 is 2.48 bits per heavy atom. The Bertz CT molecular complexity index is 862. The van der Waals surface area contributed by atoms with Gasteiger partial charge in [0.1, 0.15) is 0 Å². The van der Waals surface area contributed by atoms with Gasteiger partial charge in [-0.15, -0.1) is 0 Å². The first-order valence-corrected chi connectivity index (χ1v) is 7.78. The highest BCUT2D eigenvalue weighted by molar-refractivity contribution is 9.10. The molecule has 0 fully saturated rings. The molecule has 3 nitrogen and oxygen atoms in total. The molecule has 0 aliphatic rings. The molecule has 0 aromatic heterocycles. The fourth-order valence-electron chi connectivity index (χ4n) is 2.40. The quantitative estimate of drug-likeness (QED) is 0.390. The van der Waals surface area contributed by atoms with E-state index in [1.54, 1.807) is 6.07 Å². The number of nitro benzene ring substituents is 1. The third kappa shape index (κ3) is 2.59. The molecule has 0 aliphatic heterocycles. The summed E-state index contributed by atoms with van der Waals surface area (Å²) in [4.78, 5) is 11.0. The predicted molar refractivity (Wildman–Crippen MR) is 91.4 cm³/mol. The van der Waals surface area contributed by atoms with E-state index in [9.17, 15) is 10.1 Å². The van der Waals surface area contributed by atoms with Crippen LogP contribution < -0.4 is 0 Å². The van der Waals surface area contributed by atoms with E-state index in [2.05, 4.69) is 31.9 Å². The van der Waals surface area contributed by atoms with Crippen LogP contribution in [0.4, 0.5) is 5.69 Å². The van der Waals surface area contributed by atoms with Gasteiger partial charge in [0.15, 0.2) is 0 Å². The van der Waals surface area contributed by atoms with Gasteiger partial charge in [0, 0.05) is 15.0 Å². The van der Waals surface area contributed by atoms with Gasteiger partial charge in [-0.25, -0.2) is 0 Å². The third-order valence-electron chi connectivity index (χ3n) is 3.30. The minimum absolute atomic E-state index is 0.0970. The lowest BCUT2D eigenvalue weighted by molar-refractivity contribution is -0.384. The van der Waals surface area contributed by atoms with E-state index in [-0.39, 0.29) is 10.6 Å². The summed E-state index contributed by atoms with van der Waals surface area (Å²) in [5.41, 5.74) is 1.55. The molecule has 21 heavy (non-hydrogen) atoms. The second kappa shape index (κ2) is 5.58. The summed E-state index contributed by atoms with van der Waals surface area (Å²) in [5.74, 6) is 0. The zero-order valence-corrected chi connectivity index (χ0v) is 13.9. The maximum atomic E-state index is 11.3. The van der Waals surface area contributed by atoms with Gasteiger partial charge in [0.05, 0.1) is 10.5 Å². The SMILES string of the molecule is O=[N+]([O-])c1cccc(Br)c1-c1cccc2cc(Br)ccc12. The highest BCUT2D eigenvalue weighted by atomic mass is 79.9. The van der Waals surface area contributed by atoms with E-state index in [1.807, 2.05) is 42.5 Å². The molecule has 0 heterocycles. The summed E-state index contributed by atoms with van der Waals surface area (Å²) >= 11 is 6.89. The molecule has 5 heteroatoms. The number of hydrogen-bond acceptors (Lipinski definition) is 2. The Balaban J connectivity index is 2.39. The molecular formula is C16H9Br2NO2. The largest absolute Gasteiger partial charge is 0.278 e. The zero-order chi connectivity index (χ0) is 15.0. The molecule has 0 N–H and O–H groups in total. The molecule has 3 aromatic rings. The van der Waals surface area contributed by atoms with E-state index >= 15 is 0 Å². The second-order valence-corrected chi connectivity index (χ2v) is 6.33. The lowest BCUT2D eigenvalue weighted by Gasteiger charge is -2.10. The fourth-order valence-corrected chi connectivity index (χ4v) is 3.35. The van der Waals surface area contributed by atoms with Crippen LogP contribution in [0.1, 0.15) is 0 Å². The number of nitrogens with zero attached hydrogens (tertiary/aromatic N) is 1. The molecule has 0 unspecified atom stereocenters. The topological polar surface area (TPSA) is 43.1 Å². The van der Waals surface area contributed by atoms with Crippen molar-refractivity contribution in [2.45, 2.75) is 0 Å². The van der Waals surface area contributed by atoms with Gasteiger partial charge in [-0.3, -0.25) is 10.1 Å². The number of nitro groups is 1. The monoisotopic (exact) mass is 405 g/mol. The van der Waals surface area contributed by atoms with Crippen molar-refractivity contribution in [3.63, 3.8) is 0 Å². The molecular weight excluding hydrogens is 398 g/mol. The first-order chi connectivity index (χ1) is 10.1. The highest BCUT2D eigenvalue weighted by Gasteiger charge is 2.19. The van der Waals surface area contributed by atoms with Crippen LogP contribution in [-0.4, -0.2) is 4.92 Å². The van der Waals surface area contributed by atoms with Crippen molar-refractivity contribution in [1.29, 1.82) is 0 Å². The summed E-state index contributed by atoms with van der Waals surface area (Å²) in [7, 11) is 0. The van der Waals surface area contributed by atoms with E-state index < -0.39 is 0 Å². The number of hydrogen-bond donors (Lipinski definition) is 0. The van der Waals surface area contributed by atoms with Crippen LogP contribution in [0.2, 0.25) is 0 Å². The molecule has 0 radical (unpaired) electrons. The van der Waals surface area contributed by atoms with Gasteiger partial charge in [-0.2, -0.15) is 0 Å². The van der Waals surface area contributed by atoms with Gasteiger partial charge in [0.25, 0.3) is 5.69 Å². The molecule has 0 atom stereocenters. The lowest BCUT2D eigenvalue weighted by atomic mass is 9.97. The van der Waals surface area contributed by atoms with Gasteiger partial charge >= 0.3 is 0 Å². The van der Waals surface area contributed by atoms with Crippen LogP contribution in [0, 0.1) is 10.1 Å². The molecule has 0 spiro atoms. The van der Waals surface area contributed by atoms with Crippen molar-refractivity contribution in [1.82, 2.24) is 0 Å². The average molecular weight is 407 g/mol. The molecule has 0 saturated carbocycles. The summed E-state index contributed by atoms with van der Waals surface area (Å²) in [5, 5.41) is 13.3. The van der Waals surface area contributed by atoms with Crippen LogP contribution in [0.25, 0.3) is 21.9 Å². The summed E-state index contributed by atoms with van der Waals surface area (Å²) in [6.45, 7) is 0. The molecule has 0 amide bonds. The number of benzene rings is 3. The Hall–Kier alpha value is -1.72. The van der Waals surface area contributed by atoms with Crippen LogP contribution in [0.3, 0.4) is 0 Å². The first-order valence-electron chi connectivity index (χ1n) is 6.19. The molecule has 0 saturated heterocycles. The Morgan fingerprint density at radius 1 is 0.952 bits per heavy atom. The molecule has 0 aliphatic carbocycles. The minimum Gasteiger partial charge on any atom is -0.258 e. The highest BCUT2D eigenvalue weighted by Crippen LogP contribution is 2.40. The molecule has 104 valence electrons. The zero-order valence-electron chi connectivity index (χ0n) is 10.7. The number of rotatable bonds is 2. The molecule has 3 rings (SSSR count). The summed E-state index contributed by atoms with van der Waals surface area (Å²) in [6.07, 6.45) is 0. The van der Waals surface area contributed by atoms with Crippen molar-refractivity contribution in [2.75, 3.05) is 0 Å². The van der Waals surface area contributed by atoms with Crippen molar-refractivity contribution in [2.24, 2.45) is 0 Å². The van der Waals surface area contributed by atoms with Crippen LogP contribution in [-0.2, 0) is 0 Å². The second-order valence-electron chi connectivity index (χ2n) is 4.56. The maximum absolute atomic E-state index is 11.3. The Kier molecular flexibility index (Phi) is 3.78. The minimum atomic E-state index is -0.349. The molecule has 0 bridgehead atoms. The van der Waals surface area contributed by atoms with E-state index in [0.717, 1.165) is 20.8 Å². The van der Waals surface area contributed by atoms with Crippen LogP contribution >= 0.6 is 31.9 Å². The van der Waals surface area contributed by atoms with Crippen LogP contribution in [0.15, 0.2) is 63.5 Å². The molecule has 3 aromatic carbocycles. The Morgan fingerprint density at radius 2 is 1.71 bits per heavy atom. The number of halogens is 2. The smallest absolute Gasteiger partial charge is 0.258 e. The van der Waals surface area contributed by atoms with Crippen molar-refractivity contribution >= 4 is 48.3 Å².